The number of aromatic nitrogens is 1. The van der Waals surface area contributed by atoms with Crippen LogP contribution < -0.4 is 30.4 Å². The molecule has 0 spiro atoms. The van der Waals surface area contributed by atoms with Crippen molar-refractivity contribution in [3.63, 3.8) is 0 Å². The number of ether oxygens (including phenoxy) is 3. The van der Waals surface area contributed by atoms with E-state index < -0.39 is 11.7 Å². The van der Waals surface area contributed by atoms with Gasteiger partial charge in [0.25, 0.3) is 5.56 Å². The van der Waals surface area contributed by atoms with E-state index >= 15 is 0 Å². The first-order chi connectivity index (χ1) is 17.4. The predicted octanol–water partition coefficient (Wildman–Crippen LogP) is 4.42. The summed E-state index contributed by atoms with van der Waals surface area (Å²) in [7, 11) is 4.60. The van der Waals surface area contributed by atoms with E-state index in [2.05, 4.69) is 10.6 Å². The van der Waals surface area contributed by atoms with Gasteiger partial charge >= 0.3 is 0 Å². The third-order valence-corrected chi connectivity index (χ3v) is 5.70. The van der Waals surface area contributed by atoms with Gasteiger partial charge in [-0.2, -0.15) is 0 Å². The minimum atomic E-state index is -0.563. The van der Waals surface area contributed by atoms with Crippen molar-refractivity contribution in [3.05, 3.63) is 88.5 Å². The van der Waals surface area contributed by atoms with Gasteiger partial charge in [-0.15, -0.1) is 0 Å². The van der Waals surface area contributed by atoms with Gasteiger partial charge in [0.15, 0.2) is 11.5 Å². The number of benzene rings is 3. The summed E-state index contributed by atoms with van der Waals surface area (Å²) in [6.45, 7) is -0.111. The maximum absolute atomic E-state index is 14.0. The van der Waals surface area contributed by atoms with E-state index in [4.69, 9.17) is 14.2 Å². The molecule has 0 aliphatic heterocycles. The second-order valence-corrected chi connectivity index (χ2v) is 7.94. The van der Waals surface area contributed by atoms with Crippen molar-refractivity contribution in [2.24, 2.45) is 0 Å². The predicted molar refractivity (Wildman–Crippen MR) is 137 cm³/mol. The molecule has 0 fully saturated rings. The van der Waals surface area contributed by atoms with Crippen LogP contribution in [0.3, 0.4) is 0 Å². The average molecular weight is 492 g/mol. The van der Waals surface area contributed by atoms with Gasteiger partial charge in [-0.1, -0.05) is 12.1 Å². The van der Waals surface area contributed by atoms with Gasteiger partial charge < -0.3 is 24.8 Å². The van der Waals surface area contributed by atoms with E-state index in [1.54, 1.807) is 31.4 Å². The van der Waals surface area contributed by atoms with Gasteiger partial charge in [-0.3, -0.25) is 14.2 Å². The number of halogens is 1. The van der Waals surface area contributed by atoms with Crippen LogP contribution in [-0.2, 0) is 17.9 Å². The Morgan fingerprint density at radius 2 is 1.61 bits per heavy atom. The topological polar surface area (TPSA) is 90.8 Å². The Bertz CT molecular complexity index is 1450. The number of fused-ring (bicyclic) bond motifs is 1. The highest BCUT2D eigenvalue weighted by molar-refractivity contribution is 5.92. The summed E-state index contributed by atoms with van der Waals surface area (Å²) in [5, 5.41) is 6.43. The molecule has 4 aromatic rings. The van der Waals surface area contributed by atoms with E-state index in [9.17, 15) is 14.0 Å². The molecule has 0 atom stereocenters. The van der Waals surface area contributed by atoms with E-state index in [0.717, 1.165) is 11.4 Å². The molecule has 1 aromatic heterocycles. The van der Waals surface area contributed by atoms with E-state index in [1.807, 2.05) is 24.3 Å². The van der Waals surface area contributed by atoms with Crippen molar-refractivity contribution in [2.45, 2.75) is 13.1 Å². The van der Waals surface area contributed by atoms with Crippen LogP contribution in [0.1, 0.15) is 5.56 Å². The highest BCUT2D eigenvalue weighted by Gasteiger charge is 2.17. The molecule has 0 saturated heterocycles. The number of amides is 1. The quantitative estimate of drug-likeness (QED) is 0.360. The summed E-state index contributed by atoms with van der Waals surface area (Å²) in [5.41, 5.74) is 1.39. The smallest absolute Gasteiger partial charge is 0.256 e. The Hall–Kier alpha value is -4.53. The van der Waals surface area contributed by atoms with Crippen molar-refractivity contribution < 1.29 is 23.4 Å². The molecule has 1 heterocycles. The fourth-order valence-corrected chi connectivity index (χ4v) is 3.85. The standard InChI is InChI=1S/C27H26FN3O5/c1-34-20-10-8-19(9-11-20)29-15-18-12-17-13-24(35-2)25(36-3)14-23(17)31(27(18)33)16-26(32)30-22-7-5-4-6-21(22)28/h4-14,29H,15-16H2,1-3H3,(H,30,32). The average Bonchev–Trinajstić information content (AvgIpc) is 2.90. The van der Waals surface area contributed by atoms with Crippen LogP contribution in [-0.4, -0.2) is 31.8 Å². The number of carbonyl (C=O) groups is 1. The zero-order valence-corrected chi connectivity index (χ0v) is 20.1. The minimum absolute atomic E-state index is 0.0384. The molecule has 9 heteroatoms. The van der Waals surface area contributed by atoms with Crippen LogP contribution in [0, 0.1) is 5.82 Å². The number of nitrogens with one attached hydrogen (secondary N) is 2. The summed E-state index contributed by atoms with van der Waals surface area (Å²) in [4.78, 5) is 26.3. The van der Waals surface area contributed by atoms with Crippen molar-refractivity contribution in [1.29, 1.82) is 0 Å². The van der Waals surface area contributed by atoms with Gasteiger partial charge in [0.1, 0.15) is 18.1 Å². The molecular formula is C27H26FN3O5. The van der Waals surface area contributed by atoms with Crippen LogP contribution in [0.25, 0.3) is 10.9 Å². The highest BCUT2D eigenvalue weighted by atomic mass is 19.1. The number of methoxy groups -OCH3 is 3. The van der Waals surface area contributed by atoms with Crippen molar-refractivity contribution in [1.82, 2.24) is 4.57 Å². The first-order valence-corrected chi connectivity index (χ1v) is 11.1. The van der Waals surface area contributed by atoms with Gasteiger partial charge in [-0.05, 0) is 48.5 Å². The van der Waals surface area contributed by atoms with Crippen LogP contribution in [0.5, 0.6) is 17.2 Å². The fourth-order valence-electron chi connectivity index (χ4n) is 3.85. The van der Waals surface area contributed by atoms with Gasteiger partial charge in [-0.25, -0.2) is 4.39 Å². The molecule has 0 saturated carbocycles. The third-order valence-electron chi connectivity index (χ3n) is 5.70. The van der Waals surface area contributed by atoms with E-state index in [0.29, 0.717) is 28.0 Å². The summed E-state index contributed by atoms with van der Waals surface area (Å²) in [5.74, 6) is 0.512. The van der Waals surface area contributed by atoms with Crippen LogP contribution in [0.4, 0.5) is 15.8 Å². The van der Waals surface area contributed by atoms with Crippen LogP contribution in [0.15, 0.2) is 71.5 Å². The Morgan fingerprint density at radius 3 is 2.28 bits per heavy atom. The van der Waals surface area contributed by atoms with Gasteiger partial charge in [0.05, 0.1) is 32.5 Å². The van der Waals surface area contributed by atoms with Gasteiger partial charge in [0.2, 0.25) is 5.91 Å². The molecule has 0 aliphatic rings. The summed E-state index contributed by atoms with van der Waals surface area (Å²) < 4.78 is 31.4. The Labute approximate surface area is 207 Å². The zero-order chi connectivity index (χ0) is 25.7. The number of anilines is 2. The number of para-hydroxylation sites is 1. The Balaban J connectivity index is 1.72. The second-order valence-electron chi connectivity index (χ2n) is 7.94. The molecule has 0 radical (unpaired) electrons. The zero-order valence-electron chi connectivity index (χ0n) is 20.1. The normalized spacial score (nSPS) is 10.7. The lowest BCUT2D eigenvalue weighted by Gasteiger charge is -2.16. The molecule has 2 N–H and O–H groups in total. The number of carbonyl (C=O) groups excluding carboxylic acids is 1. The van der Waals surface area contributed by atoms with Gasteiger partial charge in [0, 0.05) is 29.2 Å². The maximum atomic E-state index is 14.0. The second kappa shape index (κ2) is 10.8. The number of hydrogen-bond donors (Lipinski definition) is 2. The number of hydrogen-bond acceptors (Lipinski definition) is 6. The summed E-state index contributed by atoms with van der Waals surface area (Å²) >= 11 is 0. The van der Waals surface area contributed by atoms with Crippen LogP contribution >= 0.6 is 0 Å². The lowest BCUT2D eigenvalue weighted by molar-refractivity contribution is -0.116. The van der Waals surface area contributed by atoms with Crippen molar-refractivity contribution in [3.8, 4) is 17.2 Å². The number of pyridine rings is 1. The molecule has 4 rings (SSSR count). The molecule has 0 unspecified atom stereocenters. The SMILES string of the molecule is COc1ccc(NCc2cc3cc(OC)c(OC)cc3n(CC(=O)Nc3ccccc3F)c2=O)cc1. The van der Waals surface area contributed by atoms with Crippen LogP contribution in [0.2, 0.25) is 0 Å². The van der Waals surface area contributed by atoms with E-state index in [-0.39, 0.29) is 24.3 Å². The molecule has 8 nitrogen and oxygen atoms in total. The summed E-state index contributed by atoms with van der Waals surface area (Å²) in [6, 6.07) is 18.3. The highest BCUT2D eigenvalue weighted by Crippen LogP contribution is 2.32. The van der Waals surface area contributed by atoms with E-state index in [1.165, 1.54) is 37.0 Å². The molecule has 36 heavy (non-hydrogen) atoms. The molecule has 3 aromatic carbocycles. The minimum Gasteiger partial charge on any atom is -0.497 e. The molecule has 1 amide bonds. The van der Waals surface area contributed by atoms with Crippen molar-refractivity contribution in [2.75, 3.05) is 32.0 Å². The van der Waals surface area contributed by atoms with Crippen molar-refractivity contribution >= 4 is 28.2 Å². The summed E-state index contributed by atoms with van der Waals surface area (Å²) in [6.07, 6.45) is 0. The molecule has 0 aliphatic carbocycles. The lowest BCUT2D eigenvalue weighted by Crippen LogP contribution is -2.31. The number of nitrogens with zero attached hydrogens (tertiary/aromatic N) is 1. The fraction of sp³-hybridized carbons (Fsp3) is 0.185. The largest absolute Gasteiger partial charge is 0.497 e. The first kappa shape index (κ1) is 24.6. The Kier molecular flexibility index (Phi) is 7.39. The lowest BCUT2D eigenvalue weighted by atomic mass is 10.1. The first-order valence-electron chi connectivity index (χ1n) is 11.1. The maximum Gasteiger partial charge on any atom is 0.256 e. The monoisotopic (exact) mass is 491 g/mol. The molecule has 0 bridgehead atoms. The third kappa shape index (κ3) is 5.25. The molecular weight excluding hydrogens is 465 g/mol. The molecule has 186 valence electrons. The number of rotatable bonds is 9. The Morgan fingerprint density at radius 1 is 0.917 bits per heavy atom.